The smallest absolute Gasteiger partial charge is 0.340 e. The largest absolute Gasteiger partial charge is 0.465 e. The number of methoxy groups -OCH3 is 1. The van der Waals surface area contributed by atoms with Crippen LogP contribution in [0.15, 0.2) is 36.4 Å². The molecule has 5 nitrogen and oxygen atoms in total. The van der Waals surface area contributed by atoms with Crippen LogP contribution in [0.4, 0.5) is 0 Å². The van der Waals surface area contributed by atoms with Crippen molar-refractivity contribution in [2.45, 2.75) is 6.92 Å². The van der Waals surface area contributed by atoms with Gasteiger partial charge in [0, 0.05) is 5.69 Å². The first-order valence-corrected chi connectivity index (χ1v) is 6.20. The second kappa shape index (κ2) is 4.77. The maximum absolute atomic E-state index is 11.7. The zero-order valence-electron chi connectivity index (χ0n) is 11.2. The van der Waals surface area contributed by atoms with E-state index in [1.54, 1.807) is 12.1 Å². The van der Waals surface area contributed by atoms with Crippen LogP contribution in [0.3, 0.4) is 0 Å². The highest BCUT2D eigenvalue weighted by Crippen LogP contribution is 2.22. The molecular weight excluding hydrogens is 254 g/mol. The number of rotatable bonds is 2. The Hall–Kier alpha value is -2.69. The lowest BCUT2D eigenvalue weighted by Gasteiger charge is -1.98. The molecule has 0 unspecified atom stereocenters. The number of aromatic nitrogens is 3. The Morgan fingerprint density at radius 3 is 2.70 bits per heavy atom. The highest BCUT2D eigenvalue weighted by molar-refractivity contribution is 6.02. The number of pyridine rings is 1. The lowest BCUT2D eigenvalue weighted by atomic mass is 10.2. The molecule has 0 bridgehead atoms. The van der Waals surface area contributed by atoms with E-state index in [1.807, 2.05) is 31.2 Å². The third-order valence-electron chi connectivity index (χ3n) is 3.05. The van der Waals surface area contributed by atoms with Gasteiger partial charge in [-0.25, -0.2) is 14.8 Å². The molecule has 0 fully saturated rings. The molecule has 0 radical (unpaired) electrons. The predicted molar refractivity (Wildman–Crippen MR) is 75.4 cm³/mol. The molecular formula is C15H13N3O2. The van der Waals surface area contributed by atoms with E-state index in [1.165, 1.54) is 7.11 Å². The number of nitrogens with one attached hydrogen (secondary N) is 1. The van der Waals surface area contributed by atoms with E-state index in [4.69, 9.17) is 4.74 Å². The molecule has 2 aromatic heterocycles. The van der Waals surface area contributed by atoms with Gasteiger partial charge in [-0.1, -0.05) is 12.1 Å². The van der Waals surface area contributed by atoms with Gasteiger partial charge in [0.15, 0.2) is 5.82 Å². The fraction of sp³-hybridized carbons (Fsp3) is 0.133. The minimum atomic E-state index is -0.397. The van der Waals surface area contributed by atoms with E-state index in [-0.39, 0.29) is 0 Å². The lowest BCUT2D eigenvalue weighted by Crippen LogP contribution is -2.01. The van der Waals surface area contributed by atoms with Crippen LogP contribution < -0.4 is 0 Å². The Morgan fingerprint density at radius 1 is 1.15 bits per heavy atom. The van der Waals surface area contributed by atoms with Crippen LogP contribution in [0.2, 0.25) is 0 Å². The molecule has 1 aromatic carbocycles. The van der Waals surface area contributed by atoms with Crippen molar-refractivity contribution in [3.05, 3.63) is 47.7 Å². The number of nitrogens with zero attached hydrogens (tertiary/aromatic N) is 2. The molecule has 100 valence electrons. The lowest BCUT2D eigenvalue weighted by molar-refractivity contribution is 0.0603. The predicted octanol–water partition coefficient (Wildman–Crippen LogP) is 2.72. The third-order valence-corrected chi connectivity index (χ3v) is 3.05. The summed E-state index contributed by atoms with van der Waals surface area (Å²) in [6, 6.07) is 11.1. The topological polar surface area (TPSA) is 67.9 Å². The van der Waals surface area contributed by atoms with Gasteiger partial charge in [0.2, 0.25) is 0 Å². The molecule has 0 saturated heterocycles. The van der Waals surface area contributed by atoms with Crippen LogP contribution >= 0.6 is 0 Å². The number of H-pyrrole nitrogens is 1. The van der Waals surface area contributed by atoms with Gasteiger partial charge >= 0.3 is 5.97 Å². The van der Waals surface area contributed by atoms with Gasteiger partial charge in [-0.05, 0) is 31.2 Å². The first kappa shape index (κ1) is 12.3. The molecule has 2 heterocycles. The van der Waals surface area contributed by atoms with Crippen molar-refractivity contribution >= 4 is 17.0 Å². The summed E-state index contributed by atoms with van der Waals surface area (Å²) >= 11 is 0. The Kier molecular flexibility index (Phi) is 2.95. The molecule has 0 atom stereocenters. The molecule has 0 amide bonds. The number of carbonyl (C=O) groups is 1. The van der Waals surface area contributed by atoms with E-state index in [0.717, 1.165) is 16.9 Å². The number of para-hydroxylation sites is 1. The first-order chi connectivity index (χ1) is 9.69. The third kappa shape index (κ3) is 2.03. The van der Waals surface area contributed by atoms with Crippen molar-refractivity contribution in [2.24, 2.45) is 0 Å². The number of carbonyl (C=O) groups excluding carboxylic acids is 1. The van der Waals surface area contributed by atoms with Crippen molar-refractivity contribution in [3.8, 4) is 11.5 Å². The zero-order chi connectivity index (χ0) is 14.1. The van der Waals surface area contributed by atoms with Gasteiger partial charge in [-0.3, -0.25) is 0 Å². The Balaban J connectivity index is 2.18. The van der Waals surface area contributed by atoms with Crippen molar-refractivity contribution in [3.63, 3.8) is 0 Å². The van der Waals surface area contributed by atoms with E-state index >= 15 is 0 Å². The van der Waals surface area contributed by atoms with Crippen LogP contribution in [0.1, 0.15) is 16.1 Å². The highest BCUT2D eigenvalue weighted by Gasteiger charge is 2.14. The van der Waals surface area contributed by atoms with Crippen LogP contribution in [0.25, 0.3) is 22.6 Å². The number of aryl methyl sites for hydroxylation is 1. The van der Waals surface area contributed by atoms with Gasteiger partial charge in [-0.15, -0.1) is 0 Å². The molecule has 0 aliphatic heterocycles. The monoisotopic (exact) mass is 267 g/mol. The van der Waals surface area contributed by atoms with Crippen molar-refractivity contribution < 1.29 is 9.53 Å². The Bertz CT molecular complexity index is 793. The summed E-state index contributed by atoms with van der Waals surface area (Å²) in [5, 5.41) is 0. The molecule has 0 saturated carbocycles. The molecule has 3 rings (SSSR count). The number of aromatic amines is 1. The van der Waals surface area contributed by atoms with Crippen molar-refractivity contribution in [2.75, 3.05) is 7.11 Å². The quantitative estimate of drug-likeness (QED) is 0.725. The van der Waals surface area contributed by atoms with E-state index in [2.05, 4.69) is 15.0 Å². The number of benzene rings is 1. The number of hydrogen-bond donors (Lipinski definition) is 1. The number of hydrogen-bond acceptors (Lipinski definition) is 4. The summed E-state index contributed by atoms with van der Waals surface area (Å²) in [6.45, 7) is 1.92. The van der Waals surface area contributed by atoms with Gasteiger partial charge in [0.1, 0.15) is 11.2 Å². The summed E-state index contributed by atoms with van der Waals surface area (Å²) < 4.78 is 4.77. The Labute approximate surface area is 115 Å². The van der Waals surface area contributed by atoms with Gasteiger partial charge < -0.3 is 9.72 Å². The number of imidazole rings is 1. The number of esters is 1. The molecule has 0 spiro atoms. The zero-order valence-corrected chi connectivity index (χ0v) is 11.2. The van der Waals surface area contributed by atoms with Crippen LogP contribution in [-0.2, 0) is 4.74 Å². The number of ether oxygens (including phenoxy) is 1. The SMILES string of the molecule is COC(=O)c1cccc2[nH]c(-c3cccc(C)n3)nc12. The van der Waals surface area contributed by atoms with E-state index in [0.29, 0.717) is 16.9 Å². The standard InChI is InChI=1S/C15H13N3O2/c1-9-5-3-8-12(16-9)14-17-11-7-4-6-10(13(11)18-14)15(19)20-2/h3-8H,1-2H3,(H,17,18). The van der Waals surface area contributed by atoms with Crippen molar-refractivity contribution in [1.29, 1.82) is 0 Å². The van der Waals surface area contributed by atoms with E-state index in [9.17, 15) is 4.79 Å². The van der Waals surface area contributed by atoms with Gasteiger partial charge in [0.05, 0.1) is 18.2 Å². The minimum absolute atomic E-state index is 0.397. The van der Waals surface area contributed by atoms with Crippen LogP contribution in [0, 0.1) is 6.92 Å². The van der Waals surface area contributed by atoms with Crippen LogP contribution in [0.5, 0.6) is 0 Å². The summed E-state index contributed by atoms with van der Waals surface area (Å²) in [7, 11) is 1.36. The Morgan fingerprint density at radius 2 is 1.95 bits per heavy atom. The molecule has 1 N–H and O–H groups in total. The molecule has 0 aliphatic carbocycles. The first-order valence-electron chi connectivity index (χ1n) is 6.20. The summed E-state index contributed by atoms with van der Waals surface area (Å²) in [6.07, 6.45) is 0. The summed E-state index contributed by atoms with van der Waals surface area (Å²) in [4.78, 5) is 23.8. The van der Waals surface area contributed by atoms with Gasteiger partial charge in [-0.2, -0.15) is 0 Å². The maximum Gasteiger partial charge on any atom is 0.340 e. The normalized spacial score (nSPS) is 10.7. The minimum Gasteiger partial charge on any atom is -0.465 e. The van der Waals surface area contributed by atoms with E-state index < -0.39 is 5.97 Å². The molecule has 0 aliphatic rings. The van der Waals surface area contributed by atoms with Gasteiger partial charge in [0.25, 0.3) is 0 Å². The number of fused-ring (bicyclic) bond motifs is 1. The summed E-state index contributed by atoms with van der Waals surface area (Å²) in [5.41, 5.74) is 3.48. The molecule has 3 aromatic rings. The fourth-order valence-corrected chi connectivity index (χ4v) is 2.10. The van der Waals surface area contributed by atoms with Crippen molar-refractivity contribution in [1.82, 2.24) is 15.0 Å². The highest BCUT2D eigenvalue weighted by atomic mass is 16.5. The molecule has 5 heteroatoms. The second-order valence-corrected chi connectivity index (χ2v) is 4.44. The average Bonchev–Trinajstić information content (AvgIpc) is 2.90. The average molecular weight is 267 g/mol. The second-order valence-electron chi connectivity index (χ2n) is 4.44. The molecule has 20 heavy (non-hydrogen) atoms. The maximum atomic E-state index is 11.7. The summed E-state index contributed by atoms with van der Waals surface area (Å²) in [5.74, 6) is 0.242. The van der Waals surface area contributed by atoms with Crippen LogP contribution in [-0.4, -0.2) is 28.0 Å². The fourth-order valence-electron chi connectivity index (χ4n) is 2.10.